The Morgan fingerprint density at radius 1 is 1.20 bits per heavy atom. The minimum atomic E-state index is -0.314. The highest BCUT2D eigenvalue weighted by molar-refractivity contribution is 5.89. The van der Waals surface area contributed by atoms with Gasteiger partial charge in [-0.2, -0.15) is 0 Å². The summed E-state index contributed by atoms with van der Waals surface area (Å²) in [6.45, 7) is 3.61. The number of carbonyl (C=O) groups is 1. The van der Waals surface area contributed by atoms with E-state index in [1.165, 1.54) is 7.11 Å². The number of ether oxygens (including phenoxy) is 2. The van der Waals surface area contributed by atoms with Crippen molar-refractivity contribution in [1.29, 1.82) is 0 Å². The van der Waals surface area contributed by atoms with Gasteiger partial charge in [0.25, 0.3) is 0 Å². The van der Waals surface area contributed by atoms with Gasteiger partial charge in [0.05, 0.1) is 12.7 Å². The monoisotopic (exact) mass is 208 g/mol. The number of hydrogen-bond donors (Lipinski definition) is 0. The van der Waals surface area contributed by atoms with Gasteiger partial charge in [-0.25, -0.2) is 4.79 Å². The quantitative estimate of drug-likeness (QED) is 0.700. The van der Waals surface area contributed by atoms with Crippen LogP contribution in [0.1, 0.15) is 15.9 Å². The Morgan fingerprint density at radius 3 is 2.00 bits per heavy atom. The van der Waals surface area contributed by atoms with Crippen LogP contribution in [0.2, 0.25) is 0 Å². The smallest absolute Gasteiger partial charge is 0.337 e. The maximum atomic E-state index is 11.0. The fraction of sp³-hybridized carbons (Fsp3) is 0.250. The standard InChI is InChI=1S/C10H10O2.C2H6O/c1-3-8-4-6-9(7-5-8)10(11)12-2;1-3-2/h3-7H,1H2,2H3;1-2H3. The van der Waals surface area contributed by atoms with E-state index in [9.17, 15) is 4.79 Å². The second kappa shape index (κ2) is 7.76. The van der Waals surface area contributed by atoms with Gasteiger partial charge in [0.1, 0.15) is 0 Å². The largest absolute Gasteiger partial charge is 0.465 e. The second-order valence-corrected chi connectivity index (χ2v) is 2.73. The molecule has 0 saturated carbocycles. The van der Waals surface area contributed by atoms with Gasteiger partial charge in [-0.05, 0) is 17.7 Å². The molecule has 0 atom stereocenters. The second-order valence-electron chi connectivity index (χ2n) is 2.73. The summed E-state index contributed by atoms with van der Waals surface area (Å²) in [6.07, 6.45) is 1.72. The van der Waals surface area contributed by atoms with E-state index >= 15 is 0 Å². The van der Waals surface area contributed by atoms with Crippen LogP contribution in [-0.2, 0) is 9.47 Å². The van der Waals surface area contributed by atoms with E-state index in [0.29, 0.717) is 5.56 Å². The molecule has 0 unspecified atom stereocenters. The zero-order valence-corrected chi connectivity index (χ0v) is 9.32. The highest BCUT2D eigenvalue weighted by Gasteiger charge is 2.02. The highest BCUT2D eigenvalue weighted by Crippen LogP contribution is 2.05. The lowest BCUT2D eigenvalue weighted by Gasteiger charge is -1.98. The molecule has 0 fully saturated rings. The molecule has 3 heteroatoms. The van der Waals surface area contributed by atoms with Crippen LogP contribution in [0.15, 0.2) is 30.8 Å². The van der Waals surface area contributed by atoms with Crippen molar-refractivity contribution < 1.29 is 14.3 Å². The Balaban J connectivity index is 0.000000583. The van der Waals surface area contributed by atoms with Crippen LogP contribution < -0.4 is 0 Å². The van der Waals surface area contributed by atoms with Gasteiger partial charge in [0.15, 0.2) is 0 Å². The van der Waals surface area contributed by atoms with Crippen LogP contribution in [0.4, 0.5) is 0 Å². The molecule has 0 aliphatic carbocycles. The summed E-state index contributed by atoms with van der Waals surface area (Å²) >= 11 is 0. The van der Waals surface area contributed by atoms with Crippen molar-refractivity contribution in [3.05, 3.63) is 42.0 Å². The minimum Gasteiger partial charge on any atom is -0.465 e. The third-order valence-corrected chi connectivity index (χ3v) is 1.57. The molecule has 1 rings (SSSR count). The lowest BCUT2D eigenvalue weighted by Crippen LogP contribution is -2.00. The lowest BCUT2D eigenvalue weighted by atomic mass is 10.1. The number of hydrogen-bond acceptors (Lipinski definition) is 3. The first-order valence-electron chi connectivity index (χ1n) is 4.40. The molecule has 0 saturated heterocycles. The first kappa shape index (κ1) is 13.4. The highest BCUT2D eigenvalue weighted by atomic mass is 16.5. The molecular weight excluding hydrogens is 192 g/mol. The van der Waals surface area contributed by atoms with Crippen LogP contribution in [0.5, 0.6) is 0 Å². The summed E-state index contributed by atoms with van der Waals surface area (Å²) in [6, 6.07) is 7.06. The average Bonchev–Trinajstić information content (AvgIpc) is 2.29. The molecule has 82 valence electrons. The van der Waals surface area contributed by atoms with Gasteiger partial charge in [-0.3, -0.25) is 0 Å². The summed E-state index contributed by atoms with van der Waals surface area (Å²) in [7, 11) is 4.61. The molecule has 0 N–H and O–H groups in total. The van der Waals surface area contributed by atoms with Crippen LogP contribution in [0.25, 0.3) is 6.08 Å². The topological polar surface area (TPSA) is 35.5 Å². The Morgan fingerprint density at radius 2 is 1.67 bits per heavy atom. The van der Waals surface area contributed by atoms with Gasteiger partial charge in [-0.1, -0.05) is 24.8 Å². The Labute approximate surface area is 90.3 Å². The zero-order chi connectivity index (χ0) is 11.7. The number of esters is 1. The van der Waals surface area contributed by atoms with Crippen LogP contribution in [0.3, 0.4) is 0 Å². The summed E-state index contributed by atoms with van der Waals surface area (Å²) < 4.78 is 8.79. The molecule has 15 heavy (non-hydrogen) atoms. The van der Waals surface area contributed by atoms with Gasteiger partial charge in [-0.15, -0.1) is 0 Å². The summed E-state index contributed by atoms with van der Waals surface area (Å²) in [4.78, 5) is 11.0. The lowest BCUT2D eigenvalue weighted by molar-refractivity contribution is 0.0601. The van der Waals surface area contributed by atoms with Crippen molar-refractivity contribution in [3.63, 3.8) is 0 Å². The fourth-order valence-electron chi connectivity index (χ4n) is 0.873. The Hall–Kier alpha value is -1.61. The van der Waals surface area contributed by atoms with Crippen molar-refractivity contribution in [2.24, 2.45) is 0 Å². The van der Waals surface area contributed by atoms with Crippen molar-refractivity contribution in [1.82, 2.24) is 0 Å². The maximum absolute atomic E-state index is 11.0. The van der Waals surface area contributed by atoms with E-state index < -0.39 is 0 Å². The van der Waals surface area contributed by atoms with Gasteiger partial charge < -0.3 is 9.47 Å². The van der Waals surface area contributed by atoms with Crippen molar-refractivity contribution in [2.75, 3.05) is 21.3 Å². The molecule has 3 nitrogen and oxygen atoms in total. The molecule has 0 heterocycles. The Bertz CT molecular complexity index is 301. The molecular formula is C12H16O3. The molecule has 0 spiro atoms. The number of benzene rings is 1. The van der Waals surface area contributed by atoms with E-state index in [4.69, 9.17) is 0 Å². The summed E-state index contributed by atoms with van der Waals surface area (Å²) in [5.41, 5.74) is 1.55. The fourth-order valence-corrected chi connectivity index (χ4v) is 0.873. The van der Waals surface area contributed by atoms with E-state index in [1.54, 1.807) is 32.4 Å². The molecule has 0 aliphatic heterocycles. The van der Waals surface area contributed by atoms with E-state index in [-0.39, 0.29) is 5.97 Å². The van der Waals surface area contributed by atoms with E-state index in [2.05, 4.69) is 16.1 Å². The molecule has 0 aromatic heterocycles. The van der Waals surface area contributed by atoms with Crippen molar-refractivity contribution in [2.45, 2.75) is 0 Å². The molecule has 0 bridgehead atoms. The predicted molar refractivity (Wildman–Crippen MR) is 60.8 cm³/mol. The average molecular weight is 208 g/mol. The van der Waals surface area contributed by atoms with Crippen LogP contribution in [0, 0.1) is 0 Å². The summed E-state index contributed by atoms with van der Waals surface area (Å²) in [5, 5.41) is 0. The predicted octanol–water partition coefficient (Wildman–Crippen LogP) is 2.38. The van der Waals surface area contributed by atoms with E-state index in [1.807, 2.05) is 12.1 Å². The van der Waals surface area contributed by atoms with Crippen LogP contribution in [-0.4, -0.2) is 27.3 Å². The number of rotatable bonds is 2. The molecule has 1 aromatic rings. The maximum Gasteiger partial charge on any atom is 0.337 e. The van der Waals surface area contributed by atoms with Gasteiger partial charge in [0.2, 0.25) is 0 Å². The van der Waals surface area contributed by atoms with Crippen LogP contribution >= 0.6 is 0 Å². The SMILES string of the molecule is C=Cc1ccc(C(=O)OC)cc1.COC. The normalized spacial score (nSPS) is 8.47. The Kier molecular flexibility index (Phi) is 6.93. The minimum absolute atomic E-state index is 0.314. The summed E-state index contributed by atoms with van der Waals surface area (Å²) in [5.74, 6) is -0.314. The molecule has 0 radical (unpaired) electrons. The first-order chi connectivity index (χ1) is 7.19. The van der Waals surface area contributed by atoms with E-state index in [0.717, 1.165) is 5.56 Å². The molecule has 0 aliphatic rings. The zero-order valence-electron chi connectivity index (χ0n) is 9.32. The molecule has 1 aromatic carbocycles. The van der Waals surface area contributed by atoms with Gasteiger partial charge in [0, 0.05) is 14.2 Å². The van der Waals surface area contributed by atoms with Crippen molar-refractivity contribution in [3.8, 4) is 0 Å². The third kappa shape index (κ3) is 4.98. The number of carbonyl (C=O) groups excluding carboxylic acids is 1. The third-order valence-electron chi connectivity index (χ3n) is 1.57. The molecule has 0 amide bonds. The number of methoxy groups -OCH3 is 2. The van der Waals surface area contributed by atoms with Gasteiger partial charge >= 0.3 is 5.97 Å². The first-order valence-corrected chi connectivity index (χ1v) is 4.40. The van der Waals surface area contributed by atoms with Crippen molar-refractivity contribution >= 4 is 12.0 Å².